The molecule has 1 aromatic rings. The van der Waals surface area contributed by atoms with E-state index < -0.39 is 0 Å². The van der Waals surface area contributed by atoms with Gasteiger partial charge >= 0.3 is 0 Å². The lowest BCUT2D eigenvalue weighted by atomic mass is 9.95. The molecule has 1 aromatic carbocycles. The van der Waals surface area contributed by atoms with Crippen molar-refractivity contribution in [1.29, 1.82) is 0 Å². The van der Waals surface area contributed by atoms with Gasteiger partial charge in [0.2, 0.25) is 0 Å². The van der Waals surface area contributed by atoms with Gasteiger partial charge in [0, 0.05) is 17.1 Å². The molecule has 106 valence electrons. The first-order valence-corrected chi connectivity index (χ1v) is 8.05. The summed E-state index contributed by atoms with van der Waals surface area (Å²) >= 11 is 15.8. The number of halogens is 3. The zero-order chi connectivity index (χ0) is 14.0. The van der Waals surface area contributed by atoms with Crippen molar-refractivity contribution in [3.05, 3.63) is 26.7 Å². The van der Waals surface area contributed by atoms with E-state index in [1.807, 2.05) is 12.1 Å². The molecular weight excluding hydrogens is 349 g/mol. The van der Waals surface area contributed by atoms with E-state index in [-0.39, 0.29) is 0 Å². The molecule has 1 aliphatic rings. The van der Waals surface area contributed by atoms with Crippen molar-refractivity contribution in [1.82, 2.24) is 0 Å². The Hall–Kier alpha value is 0.0400. The van der Waals surface area contributed by atoms with Gasteiger partial charge in [0.05, 0.1) is 21.8 Å². The van der Waals surface area contributed by atoms with E-state index in [4.69, 9.17) is 27.9 Å². The molecule has 2 rings (SSSR count). The van der Waals surface area contributed by atoms with Crippen LogP contribution in [0.15, 0.2) is 16.6 Å². The lowest BCUT2D eigenvalue weighted by Gasteiger charge is -2.33. The smallest absolute Gasteiger partial charge is 0.0835 e. The highest BCUT2D eigenvalue weighted by molar-refractivity contribution is 9.10. The van der Waals surface area contributed by atoms with Crippen LogP contribution in [-0.2, 0) is 4.74 Å². The van der Waals surface area contributed by atoms with Crippen LogP contribution in [-0.4, -0.2) is 18.8 Å². The number of nitrogens with one attached hydrogen (secondary N) is 1. The summed E-state index contributed by atoms with van der Waals surface area (Å²) in [7, 11) is 0. The normalized spacial score (nSPS) is 23.7. The van der Waals surface area contributed by atoms with Crippen molar-refractivity contribution < 1.29 is 4.74 Å². The minimum atomic E-state index is 0.316. The van der Waals surface area contributed by atoms with Crippen molar-refractivity contribution >= 4 is 44.8 Å². The topological polar surface area (TPSA) is 21.3 Å². The predicted molar refractivity (Wildman–Crippen MR) is 85.4 cm³/mol. The molecule has 1 heterocycles. The molecule has 0 radical (unpaired) electrons. The predicted octanol–water partition coefficient (Wildman–Crippen LogP) is 5.37. The van der Waals surface area contributed by atoms with E-state index in [1.54, 1.807) is 0 Å². The Morgan fingerprint density at radius 2 is 2.05 bits per heavy atom. The largest absolute Gasteiger partial charge is 0.381 e. The summed E-state index contributed by atoms with van der Waals surface area (Å²) in [5, 5.41) is 4.61. The van der Waals surface area contributed by atoms with Gasteiger partial charge in [0.1, 0.15) is 0 Å². The summed E-state index contributed by atoms with van der Waals surface area (Å²) in [6, 6.07) is 4.25. The Morgan fingerprint density at radius 1 is 1.32 bits per heavy atom. The van der Waals surface area contributed by atoms with Gasteiger partial charge in [-0.2, -0.15) is 0 Å². The Morgan fingerprint density at radius 3 is 2.74 bits per heavy atom. The van der Waals surface area contributed by atoms with Gasteiger partial charge < -0.3 is 10.1 Å². The average molecular weight is 367 g/mol. The Labute approximate surface area is 132 Å². The molecular formula is C14H18BrCl2NO. The third kappa shape index (κ3) is 3.78. The summed E-state index contributed by atoms with van der Waals surface area (Å²) in [6.07, 6.45) is 2.31. The van der Waals surface area contributed by atoms with Gasteiger partial charge in [-0.15, -0.1) is 0 Å². The van der Waals surface area contributed by atoms with Gasteiger partial charge in [-0.05, 0) is 46.8 Å². The average Bonchev–Trinajstić information content (AvgIpc) is 2.40. The molecule has 0 aliphatic carbocycles. The number of rotatable bonds is 3. The highest BCUT2D eigenvalue weighted by Gasteiger charge is 2.25. The van der Waals surface area contributed by atoms with Crippen molar-refractivity contribution in [2.75, 3.05) is 11.9 Å². The molecule has 0 amide bonds. The summed E-state index contributed by atoms with van der Waals surface area (Å²) in [5.74, 6) is 0.536. The molecule has 19 heavy (non-hydrogen) atoms. The summed E-state index contributed by atoms with van der Waals surface area (Å²) in [5.41, 5.74) is 0.893. The molecule has 0 bridgehead atoms. The third-order valence-electron chi connectivity index (χ3n) is 3.45. The molecule has 1 N–H and O–H groups in total. The lowest BCUT2D eigenvalue weighted by molar-refractivity contribution is -0.0160. The maximum absolute atomic E-state index is 6.26. The van der Waals surface area contributed by atoms with Crippen LogP contribution in [0.5, 0.6) is 0 Å². The monoisotopic (exact) mass is 365 g/mol. The summed E-state index contributed by atoms with van der Waals surface area (Å²) in [4.78, 5) is 0. The maximum atomic E-state index is 6.26. The maximum Gasteiger partial charge on any atom is 0.0835 e. The molecule has 2 atom stereocenters. The summed E-state index contributed by atoms with van der Waals surface area (Å²) in [6.45, 7) is 5.18. The third-order valence-corrected chi connectivity index (χ3v) is 5.22. The highest BCUT2D eigenvalue weighted by Crippen LogP contribution is 2.37. The molecule has 0 aromatic heterocycles. The fraction of sp³-hybridized carbons (Fsp3) is 0.571. The molecule has 1 aliphatic heterocycles. The second-order valence-corrected chi connectivity index (χ2v) is 6.85. The van der Waals surface area contributed by atoms with Crippen molar-refractivity contribution in [3.63, 3.8) is 0 Å². The van der Waals surface area contributed by atoms with E-state index in [9.17, 15) is 0 Å². The van der Waals surface area contributed by atoms with Gasteiger partial charge in [0.15, 0.2) is 0 Å². The van der Waals surface area contributed by atoms with Gasteiger partial charge in [-0.1, -0.05) is 37.0 Å². The van der Waals surface area contributed by atoms with Crippen LogP contribution in [0.3, 0.4) is 0 Å². The fourth-order valence-corrected chi connectivity index (χ4v) is 3.11. The first-order valence-electron chi connectivity index (χ1n) is 6.50. The van der Waals surface area contributed by atoms with Crippen LogP contribution in [0.4, 0.5) is 5.69 Å². The van der Waals surface area contributed by atoms with E-state index in [0.29, 0.717) is 28.1 Å². The van der Waals surface area contributed by atoms with E-state index >= 15 is 0 Å². The van der Waals surface area contributed by atoms with Crippen LogP contribution in [0, 0.1) is 5.92 Å². The Balaban J connectivity index is 2.07. The number of hydrogen-bond donors (Lipinski definition) is 1. The quantitative estimate of drug-likeness (QED) is 0.726. The van der Waals surface area contributed by atoms with Crippen LogP contribution in [0.25, 0.3) is 0 Å². The second kappa shape index (κ2) is 6.66. The fourth-order valence-electron chi connectivity index (χ4n) is 2.28. The standard InChI is InChI=1S/C14H18BrCl2NO/c1-8(2)12-7-9(5-6-19-12)18-11-4-3-10(15)13(16)14(11)17/h3-4,8-9,12,18H,5-7H2,1-2H3. The van der Waals surface area contributed by atoms with Crippen molar-refractivity contribution in [2.45, 2.75) is 38.8 Å². The van der Waals surface area contributed by atoms with Crippen LogP contribution >= 0.6 is 39.1 Å². The SMILES string of the molecule is CC(C)C1CC(Nc2ccc(Br)c(Cl)c2Cl)CCO1. The minimum absolute atomic E-state index is 0.316. The number of anilines is 1. The van der Waals surface area contributed by atoms with E-state index in [1.165, 1.54) is 0 Å². The number of hydrogen-bond acceptors (Lipinski definition) is 2. The van der Waals surface area contributed by atoms with Crippen molar-refractivity contribution in [3.8, 4) is 0 Å². The second-order valence-electron chi connectivity index (χ2n) is 5.24. The van der Waals surface area contributed by atoms with Crippen LogP contribution in [0.2, 0.25) is 10.0 Å². The molecule has 5 heteroatoms. The first kappa shape index (κ1) is 15.4. The minimum Gasteiger partial charge on any atom is -0.381 e. The molecule has 1 fully saturated rings. The first-order chi connectivity index (χ1) is 8.99. The number of ether oxygens (including phenoxy) is 1. The molecule has 2 unspecified atom stereocenters. The highest BCUT2D eigenvalue weighted by atomic mass is 79.9. The Bertz CT molecular complexity index is 453. The zero-order valence-corrected chi connectivity index (χ0v) is 14.1. The van der Waals surface area contributed by atoms with E-state index in [0.717, 1.165) is 29.6 Å². The zero-order valence-electron chi connectivity index (χ0n) is 11.1. The van der Waals surface area contributed by atoms with Crippen molar-refractivity contribution in [2.24, 2.45) is 5.92 Å². The van der Waals surface area contributed by atoms with Gasteiger partial charge in [0.25, 0.3) is 0 Å². The number of benzene rings is 1. The molecule has 0 spiro atoms. The molecule has 0 saturated carbocycles. The van der Waals surface area contributed by atoms with Crippen LogP contribution in [0.1, 0.15) is 26.7 Å². The molecule has 1 saturated heterocycles. The van der Waals surface area contributed by atoms with Gasteiger partial charge in [-0.3, -0.25) is 0 Å². The van der Waals surface area contributed by atoms with Crippen LogP contribution < -0.4 is 5.32 Å². The lowest BCUT2D eigenvalue weighted by Crippen LogP contribution is -2.36. The van der Waals surface area contributed by atoms with E-state index in [2.05, 4.69) is 35.1 Å². The summed E-state index contributed by atoms with van der Waals surface area (Å²) < 4.78 is 6.59. The van der Waals surface area contributed by atoms with Gasteiger partial charge in [-0.25, -0.2) is 0 Å². The molecule has 2 nitrogen and oxygen atoms in total. The Kier molecular flexibility index (Phi) is 5.41.